The number of benzene rings is 2. The zero-order chi connectivity index (χ0) is 24.5. The maximum Gasteiger partial charge on any atom is 0.283 e. The van der Waals surface area contributed by atoms with E-state index in [0.717, 1.165) is 37.1 Å². The average Bonchev–Trinajstić information content (AvgIpc) is 3.43. The lowest BCUT2D eigenvalue weighted by Crippen LogP contribution is -2.46. The van der Waals surface area contributed by atoms with Crippen molar-refractivity contribution in [1.82, 2.24) is 14.1 Å². The standard InChI is InChI=1S/C24H32N4O4S2/c1-19-6-10-22(11-7-19)33(29,30)25-24(18-26-14-4-5-15-26)27-16-17-28(21(27)3)34(31,32)23-12-8-20(2)9-13-23/h6-13,21H,4-5,14-18H2,1-3H3/t21-/m0/s1. The van der Waals surface area contributed by atoms with Gasteiger partial charge < -0.3 is 4.90 Å². The molecule has 0 amide bonds. The van der Waals surface area contributed by atoms with Gasteiger partial charge in [-0.2, -0.15) is 12.7 Å². The van der Waals surface area contributed by atoms with Crippen LogP contribution >= 0.6 is 0 Å². The highest BCUT2D eigenvalue weighted by atomic mass is 32.2. The number of rotatable bonds is 6. The van der Waals surface area contributed by atoms with E-state index in [-0.39, 0.29) is 16.3 Å². The highest BCUT2D eigenvalue weighted by Crippen LogP contribution is 2.26. The lowest BCUT2D eigenvalue weighted by Gasteiger charge is -2.30. The second-order valence-corrected chi connectivity index (χ2v) is 12.5. The molecule has 0 saturated carbocycles. The molecule has 8 nitrogen and oxygen atoms in total. The molecular formula is C24H32N4O4S2. The summed E-state index contributed by atoms with van der Waals surface area (Å²) in [7, 11) is -7.66. The van der Waals surface area contributed by atoms with E-state index in [1.165, 1.54) is 4.31 Å². The van der Waals surface area contributed by atoms with Crippen LogP contribution in [0.4, 0.5) is 0 Å². The Morgan fingerprint density at radius 1 is 0.824 bits per heavy atom. The molecule has 2 fully saturated rings. The molecule has 2 aliphatic rings. The van der Waals surface area contributed by atoms with Crippen molar-refractivity contribution >= 4 is 25.9 Å². The molecule has 0 unspecified atom stereocenters. The maximum atomic E-state index is 13.3. The molecule has 0 N–H and O–H groups in total. The summed E-state index contributed by atoms with van der Waals surface area (Å²) in [5, 5.41) is 0. The first kappa shape index (κ1) is 24.8. The molecule has 2 aliphatic heterocycles. The molecule has 4 rings (SSSR count). The van der Waals surface area contributed by atoms with Crippen LogP contribution in [0.25, 0.3) is 0 Å². The lowest BCUT2D eigenvalue weighted by atomic mass is 10.2. The van der Waals surface area contributed by atoms with Gasteiger partial charge in [0.15, 0.2) is 0 Å². The molecule has 2 aromatic rings. The molecule has 2 heterocycles. The van der Waals surface area contributed by atoms with Crippen LogP contribution in [-0.4, -0.2) is 75.7 Å². The van der Waals surface area contributed by atoms with Crippen molar-refractivity contribution in [2.24, 2.45) is 4.40 Å². The molecule has 34 heavy (non-hydrogen) atoms. The van der Waals surface area contributed by atoms with E-state index in [4.69, 9.17) is 0 Å². The van der Waals surface area contributed by atoms with Crippen LogP contribution in [0.5, 0.6) is 0 Å². The molecular weight excluding hydrogens is 472 g/mol. The Morgan fingerprint density at radius 2 is 1.35 bits per heavy atom. The van der Waals surface area contributed by atoms with Crippen LogP contribution in [0.3, 0.4) is 0 Å². The zero-order valence-electron chi connectivity index (χ0n) is 19.9. The van der Waals surface area contributed by atoms with Gasteiger partial charge in [-0.3, -0.25) is 4.90 Å². The van der Waals surface area contributed by atoms with Crippen LogP contribution < -0.4 is 0 Å². The molecule has 10 heteroatoms. The number of amidine groups is 1. The summed E-state index contributed by atoms with van der Waals surface area (Å²) in [5.41, 5.74) is 1.95. The highest BCUT2D eigenvalue weighted by molar-refractivity contribution is 7.90. The molecule has 1 atom stereocenters. The summed E-state index contributed by atoms with van der Waals surface area (Å²) < 4.78 is 58.7. The van der Waals surface area contributed by atoms with E-state index in [2.05, 4.69) is 9.30 Å². The van der Waals surface area contributed by atoms with Gasteiger partial charge >= 0.3 is 0 Å². The number of likely N-dealkylation sites (tertiary alicyclic amines) is 1. The quantitative estimate of drug-likeness (QED) is 0.444. The van der Waals surface area contributed by atoms with E-state index in [0.29, 0.717) is 18.9 Å². The van der Waals surface area contributed by atoms with Crippen LogP contribution in [-0.2, 0) is 20.0 Å². The minimum absolute atomic E-state index is 0.132. The summed E-state index contributed by atoms with van der Waals surface area (Å²) >= 11 is 0. The summed E-state index contributed by atoms with van der Waals surface area (Å²) in [5.74, 6) is 0.386. The highest BCUT2D eigenvalue weighted by Gasteiger charge is 2.39. The van der Waals surface area contributed by atoms with Gasteiger partial charge in [0.05, 0.1) is 22.5 Å². The first-order chi connectivity index (χ1) is 16.1. The number of nitrogens with zero attached hydrogens (tertiary/aromatic N) is 4. The third-order valence-corrected chi connectivity index (χ3v) is 9.79. The fourth-order valence-corrected chi connectivity index (χ4v) is 7.08. The van der Waals surface area contributed by atoms with Crippen LogP contribution in [0, 0.1) is 13.8 Å². The Labute approximate surface area is 203 Å². The molecule has 0 spiro atoms. The summed E-state index contributed by atoms with van der Waals surface area (Å²) in [6.07, 6.45) is 1.56. The van der Waals surface area contributed by atoms with E-state index in [9.17, 15) is 16.8 Å². The Morgan fingerprint density at radius 3 is 1.91 bits per heavy atom. The minimum Gasteiger partial charge on any atom is -0.340 e. The number of hydrogen-bond acceptors (Lipinski definition) is 5. The number of sulfonamides is 2. The summed E-state index contributed by atoms with van der Waals surface area (Å²) in [6.45, 7) is 8.35. The predicted molar refractivity (Wildman–Crippen MR) is 133 cm³/mol. The third kappa shape index (κ3) is 5.19. The zero-order valence-corrected chi connectivity index (χ0v) is 21.5. The van der Waals surface area contributed by atoms with Crippen molar-refractivity contribution in [3.8, 4) is 0 Å². The van der Waals surface area contributed by atoms with Gasteiger partial charge in [0.1, 0.15) is 5.84 Å². The predicted octanol–water partition coefficient (Wildman–Crippen LogP) is 2.84. The van der Waals surface area contributed by atoms with Crippen LogP contribution in [0.2, 0.25) is 0 Å². The van der Waals surface area contributed by atoms with Crippen molar-refractivity contribution in [1.29, 1.82) is 0 Å². The lowest BCUT2D eigenvalue weighted by molar-refractivity contribution is 0.286. The smallest absolute Gasteiger partial charge is 0.283 e. The van der Waals surface area contributed by atoms with Crippen molar-refractivity contribution in [3.05, 3.63) is 59.7 Å². The van der Waals surface area contributed by atoms with Crippen molar-refractivity contribution < 1.29 is 16.8 Å². The molecule has 0 aromatic heterocycles. The molecule has 2 aromatic carbocycles. The summed E-state index contributed by atoms with van der Waals surface area (Å²) in [4.78, 5) is 4.36. The Balaban J connectivity index is 1.66. The molecule has 0 bridgehead atoms. The Hall–Kier alpha value is -2.27. The summed E-state index contributed by atoms with van der Waals surface area (Å²) in [6, 6.07) is 13.4. The SMILES string of the molecule is Cc1ccc(S(=O)(=O)N=C(CN2CCCC2)N2CCN(S(=O)(=O)c3ccc(C)cc3)[C@H]2C)cc1. The maximum absolute atomic E-state index is 13.3. The van der Waals surface area contributed by atoms with Gasteiger partial charge in [0.2, 0.25) is 10.0 Å². The van der Waals surface area contributed by atoms with Gasteiger partial charge in [-0.05, 0) is 71.0 Å². The van der Waals surface area contributed by atoms with Crippen molar-refractivity contribution in [2.75, 3.05) is 32.7 Å². The van der Waals surface area contributed by atoms with E-state index in [1.807, 2.05) is 18.7 Å². The first-order valence-corrected chi connectivity index (χ1v) is 14.4. The normalized spacial score (nSPS) is 20.9. The third-order valence-electron chi connectivity index (χ3n) is 6.50. The first-order valence-electron chi connectivity index (χ1n) is 11.6. The topological polar surface area (TPSA) is 90.4 Å². The number of hydrogen-bond donors (Lipinski definition) is 0. The molecule has 184 valence electrons. The monoisotopic (exact) mass is 504 g/mol. The fourth-order valence-electron chi connectivity index (χ4n) is 4.46. The molecule has 2 saturated heterocycles. The minimum atomic E-state index is -3.94. The van der Waals surface area contributed by atoms with E-state index >= 15 is 0 Å². The van der Waals surface area contributed by atoms with Gasteiger partial charge in [-0.25, -0.2) is 8.42 Å². The van der Waals surface area contributed by atoms with Gasteiger partial charge in [0, 0.05) is 13.1 Å². The fraction of sp³-hybridized carbons (Fsp3) is 0.458. The molecule has 0 radical (unpaired) electrons. The van der Waals surface area contributed by atoms with Crippen LogP contribution in [0.15, 0.2) is 62.7 Å². The second kappa shape index (κ2) is 9.77. The van der Waals surface area contributed by atoms with Crippen molar-refractivity contribution in [3.63, 3.8) is 0 Å². The van der Waals surface area contributed by atoms with Gasteiger partial charge in [0.25, 0.3) is 10.0 Å². The number of aryl methyl sites for hydroxylation is 2. The Kier molecular flexibility index (Phi) is 7.14. The van der Waals surface area contributed by atoms with Gasteiger partial charge in [-0.1, -0.05) is 35.4 Å². The van der Waals surface area contributed by atoms with E-state index in [1.54, 1.807) is 55.5 Å². The molecule has 0 aliphatic carbocycles. The van der Waals surface area contributed by atoms with Crippen molar-refractivity contribution in [2.45, 2.75) is 49.6 Å². The average molecular weight is 505 g/mol. The second-order valence-electron chi connectivity index (χ2n) is 9.03. The largest absolute Gasteiger partial charge is 0.340 e. The van der Waals surface area contributed by atoms with E-state index < -0.39 is 26.2 Å². The van der Waals surface area contributed by atoms with Crippen LogP contribution in [0.1, 0.15) is 30.9 Å². The Bertz CT molecular complexity index is 1250. The van der Waals surface area contributed by atoms with Gasteiger partial charge in [-0.15, -0.1) is 4.40 Å².